The van der Waals surface area contributed by atoms with Gasteiger partial charge in [-0.25, -0.2) is 0 Å². The molecule has 0 saturated heterocycles. The summed E-state index contributed by atoms with van der Waals surface area (Å²) in [6.45, 7) is 5.44. The quantitative estimate of drug-likeness (QED) is 0.628. The number of nitrogens with zero attached hydrogens (tertiary/aromatic N) is 2. The van der Waals surface area contributed by atoms with Gasteiger partial charge in [-0.3, -0.25) is 9.59 Å². The number of benzene rings is 2. The molecule has 1 N–H and O–H groups in total. The van der Waals surface area contributed by atoms with Gasteiger partial charge in [-0.2, -0.15) is 18.2 Å². The Kier molecular flexibility index (Phi) is 5.69. The number of halogens is 3. The van der Waals surface area contributed by atoms with Gasteiger partial charge in [0, 0.05) is 24.7 Å². The number of alkyl halides is 3. The first-order valence-corrected chi connectivity index (χ1v) is 9.29. The van der Waals surface area contributed by atoms with Crippen molar-refractivity contribution in [2.75, 3.05) is 5.32 Å². The molecule has 29 heavy (non-hydrogen) atoms. The number of anilines is 1. The van der Waals surface area contributed by atoms with Crippen LogP contribution in [-0.2, 0) is 17.5 Å². The van der Waals surface area contributed by atoms with Crippen LogP contribution in [0.3, 0.4) is 0 Å². The minimum atomic E-state index is -4.54. The van der Waals surface area contributed by atoms with Crippen LogP contribution in [0.15, 0.2) is 60.1 Å². The molecule has 0 spiro atoms. The van der Waals surface area contributed by atoms with E-state index in [1.54, 1.807) is 28.8 Å². The average Bonchev–Trinajstić information content (AvgIpc) is 2.97. The van der Waals surface area contributed by atoms with Gasteiger partial charge in [0.25, 0.3) is 5.91 Å². The smallest absolute Gasteiger partial charge is 0.326 e. The number of hydrogen-bond acceptors (Lipinski definition) is 3. The highest BCUT2D eigenvalue weighted by molar-refractivity contribution is 7.16. The third-order valence-electron chi connectivity index (χ3n) is 3.95. The molecular formula is C20H16F3N3O2S. The lowest BCUT2D eigenvalue weighted by molar-refractivity contribution is -0.137. The van der Waals surface area contributed by atoms with E-state index in [9.17, 15) is 22.8 Å². The van der Waals surface area contributed by atoms with Crippen molar-refractivity contribution in [1.29, 1.82) is 0 Å². The van der Waals surface area contributed by atoms with Crippen molar-refractivity contribution in [2.24, 2.45) is 4.99 Å². The highest BCUT2D eigenvalue weighted by Crippen LogP contribution is 2.29. The standard InChI is InChI=1S/C20H16F3N3O2S/c1-3-9-26-16-8-7-15(24-12(2)27)11-17(16)29-19(26)25-18(28)13-5-4-6-14(10-13)20(21,22)23/h3-8,10-11H,1,9H2,2H3,(H,24,27). The molecule has 0 aliphatic rings. The van der Waals surface area contributed by atoms with Crippen LogP contribution < -0.4 is 10.1 Å². The molecule has 3 aromatic rings. The van der Waals surface area contributed by atoms with Gasteiger partial charge in [0.15, 0.2) is 4.80 Å². The van der Waals surface area contributed by atoms with Gasteiger partial charge in [0.2, 0.25) is 5.91 Å². The van der Waals surface area contributed by atoms with E-state index in [0.29, 0.717) is 17.0 Å². The first-order chi connectivity index (χ1) is 13.7. The van der Waals surface area contributed by atoms with Crippen molar-refractivity contribution in [1.82, 2.24) is 4.57 Å². The minimum Gasteiger partial charge on any atom is -0.326 e. The molecule has 150 valence electrons. The number of hydrogen-bond donors (Lipinski definition) is 1. The fraction of sp³-hybridized carbons (Fsp3) is 0.150. The van der Waals surface area contributed by atoms with E-state index in [0.717, 1.165) is 22.3 Å². The van der Waals surface area contributed by atoms with E-state index in [1.165, 1.54) is 30.4 Å². The molecule has 0 aliphatic heterocycles. The van der Waals surface area contributed by atoms with Crippen molar-refractivity contribution in [2.45, 2.75) is 19.6 Å². The van der Waals surface area contributed by atoms with Gasteiger partial charge in [0.1, 0.15) is 0 Å². The normalized spacial score (nSPS) is 12.2. The molecule has 9 heteroatoms. The summed E-state index contributed by atoms with van der Waals surface area (Å²) < 4.78 is 41.2. The molecule has 1 heterocycles. The number of thiazole rings is 1. The van der Waals surface area contributed by atoms with Crippen molar-refractivity contribution in [3.63, 3.8) is 0 Å². The number of rotatable bonds is 4. The summed E-state index contributed by atoms with van der Waals surface area (Å²) in [6, 6.07) is 9.39. The number of aromatic nitrogens is 1. The summed E-state index contributed by atoms with van der Waals surface area (Å²) in [6.07, 6.45) is -2.92. The lowest BCUT2D eigenvalue weighted by Crippen LogP contribution is -2.16. The zero-order chi connectivity index (χ0) is 21.2. The van der Waals surface area contributed by atoms with Crippen LogP contribution in [0.25, 0.3) is 10.2 Å². The van der Waals surface area contributed by atoms with Crippen molar-refractivity contribution >= 4 is 39.1 Å². The first kappa shape index (κ1) is 20.5. The molecule has 0 radical (unpaired) electrons. The van der Waals surface area contributed by atoms with E-state index >= 15 is 0 Å². The lowest BCUT2D eigenvalue weighted by Gasteiger charge is -2.06. The minimum absolute atomic E-state index is 0.152. The second-order valence-corrected chi connectivity index (χ2v) is 7.15. The molecule has 0 atom stereocenters. The molecule has 3 rings (SSSR count). The Bertz CT molecular complexity index is 1180. The van der Waals surface area contributed by atoms with Gasteiger partial charge in [-0.15, -0.1) is 6.58 Å². The molecule has 0 bridgehead atoms. The number of allylic oxidation sites excluding steroid dienone is 1. The van der Waals surface area contributed by atoms with Gasteiger partial charge in [-0.05, 0) is 36.4 Å². The Morgan fingerprint density at radius 2 is 2.00 bits per heavy atom. The second kappa shape index (κ2) is 8.04. The number of carbonyl (C=O) groups excluding carboxylic acids is 2. The van der Waals surface area contributed by atoms with Crippen LogP contribution in [0.2, 0.25) is 0 Å². The number of carbonyl (C=O) groups is 2. The summed E-state index contributed by atoms with van der Waals surface area (Å²) >= 11 is 1.19. The van der Waals surface area contributed by atoms with Gasteiger partial charge in [0.05, 0.1) is 15.8 Å². The molecule has 1 aromatic heterocycles. The second-order valence-electron chi connectivity index (χ2n) is 6.14. The van der Waals surface area contributed by atoms with Crippen LogP contribution in [0, 0.1) is 0 Å². The summed E-state index contributed by atoms with van der Waals surface area (Å²) in [5, 5.41) is 2.68. The number of fused-ring (bicyclic) bond motifs is 1. The monoisotopic (exact) mass is 419 g/mol. The highest BCUT2D eigenvalue weighted by Gasteiger charge is 2.30. The predicted molar refractivity (Wildman–Crippen MR) is 106 cm³/mol. The Labute approximate surface area is 167 Å². The molecule has 2 aromatic carbocycles. The van der Waals surface area contributed by atoms with E-state index < -0.39 is 17.6 Å². The zero-order valence-corrected chi connectivity index (χ0v) is 16.1. The molecule has 0 saturated carbocycles. The van der Waals surface area contributed by atoms with Gasteiger partial charge >= 0.3 is 6.18 Å². The Morgan fingerprint density at radius 3 is 2.66 bits per heavy atom. The third kappa shape index (κ3) is 4.62. The first-order valence-electron chi connectivity index (χ1n) is 8.47. The topological polar surface area (TPSA) is 63.5 Å². The van der Waals surface area contributed by atoms with Crippen molar-refractivity contribution in [3.8, 4) is 0 Å². The van der Waals surface area contributed by atoms with Crippen LogP contribution in [0.5, 0.6) is 0 Å². The maximum absolute atomic E-state index is 12.9. The SMILES string of the molecule is C=CCn1c(=NC(=O)c2cccc(C(F)(F)F)c2)sc2cc(NC(C)=O)ccc21. The van der Waals surface area contributed by atoms with Gasteiger partial charge in [-0.1, -0.05) is 23.5 Å². The highest BCUT2D eigenvalue weighted by atomic mass is 32.1. The van der Waals surface area contributed by atoms with Crippen LogP contribution in [-0.4, -0.2) is 16.4 Å². The molecule has 5 nitrogen and oxygen atoms in total. The number of amides is 2. The van der Waals surface area contributed by atoms with Crippen LogP contribution in [0.1, 0.15) is 22.8 Å². The van der Waals surface area contributed by atoms with E-state index in [1.807, 2.05) is 0 Å². The lowest BCUT2D eigenvalue weighted by atomic mass is 10.1. The Hall–Kier alpha value is -3.20. The van der Waals surface area contributed by atoms with Crippen molar-refractivity contribution in [3.05, 3.63) is 71.0 Å². The largest absolute Gasteiger partial charge is 0.416 e. The molecule has 0 fully saturated rings. The summed E-state index contributed by atoms with van der Waals surface area (Å²) in [7, 11) is 0. The van der Waals surface area contributed by atoms with Crippen LogP contribution >= 0.6 is 11.3 Å². The van der Waals surface area contributed by atoms with Crippen molar-refractivity contribution < 1.29 is 22.8 Å². The van der Waals surface area contributed by atoms with E-state index in [-0.39, 0.29) is 11.5 Å². The maximum Gasteiger partial charge on any atom is 0.416 e. The van der Waals surface area contributed by atoms with Crippen LogP contribution in [0.4, 0.5) is 18.9 Å². The summed E-state index contributed by atoms with van der Waals surface area (Å²) in [5.74, 6) is -0.993. The average molecular weight is 419 g/mol. The van der Waals surface area contributed by atoms with Gasteiger partial charge < -0.3 is 9.88 Å². The van der Waals surface area contributed by atoms with E-state index in [4.69, 9.17) is 0 Å². The third-order valence-corrected chi connectivity index (χ3v) is 4.99. The Balaban J connectivity index is 2.08. The molecular weight excluding hydrogens is 403 g/mol. The summed E-state index contributed by atoms with van der Waals surface area (Å²) in [4.78, 5) is 28.1. The van der Waals surface area contributed by atoms with E-state index in [2.05, 4.69) is 16.9 Å². The predicted octanol–water partition coefficient (Wildman–Crippen LogP) is 4.61. The molecule has 0 unspecified atom stereocenters. The summed E-state index contributed by atoms with van der Waals surface area (Å²) in [5.41, 5.74) is 0.294. The number of nitrogens with one attached hydrogen (secondary N) is 1. The molecule has 0 aliphatic carbocycles. The Morgan fingerprint density at radius 1 is 1.24 bits per heavy atom. The fourth-order valence-electron chi connectivity index (χ4n) is 2.73. The zero-order valence-electron chi connectivity index (χ0n) is 15.3. The maximum atomic E-state index is 12.9. The molecule has 2 amide bonds. The fourth-order valence-corrected chi connectivity index (χ4v) is 3.80.